The third-order valence-corrected chi connectivity index (χ3v) is 7.10. The molecule has 1 aliphatic heterocycles. The number of aryl methyl sites for hydroxylation is 1. The minimum absolute atomic E-state index is 0.253. The van der Waals surface area contributed by atoms with Crippen LogP contribution in [0.3, 0.4) is 0 Å². The van der Waals surface area contributed by atoms with Crippen LogP contribution in [0.4, 0.5) is 10.8 Å². The number of amides is 1. The van der Waals surface area contributed by atoms with Crippen LogP contribution < -0.4 is 21.5 Å². The van der Waals surface area contributed by atoms with Gasteiger partial charge in [0.05, 0.1) is 0 Å². The molecule has 1 fully saturated rings. The largest absolute Gasteiger partial charge is 0.348 e. The number of anilines is 2. The Morgan fingerprint density at radius 2 is 1.94 bits per heavy atom. The van der Waals surface area contributed by atoms with Crippen molar-refractivity contribution in [1.82, 2.24) is 14.1 Å². The Labute approximate surface area is 194 Å². The molecule has 0 aliphatic carbocycles. The second-order valence-electron chi connectivity index (χ2n) is 8.35. The first-order valence-corrected chi connectivity index (χ1v) is 11.9. The molecule has 0 saturated carbocycles. The molecule has 1 aromatic carbocycles. The zero-order valence-electron chi connectivity index (χ0n) is 18.4. The molecule has 0 spiro atoms. The number of piperidine rings is 1. The van der Waals surface area contributed by atoms with Crippen molar-refractivity contribution in [2.24, 2.45) is 0 Å². The summed E-state index contributed by atoms with van der Waals surface area (Å²) < 4.78 is 2.88. The van der Waals surface area contributed by atoms with Crippen LogP contribution in [0.2, 0.25) is 5.02 Å². The number of hydrogen-bond acceptors (Lipinski definition) is 6. The summed E-state index contributed by atoms with van der Waals surface area (Å²) in [6, 6.07) is 4.89. The van der Waals surface area contributed by atoms with Gasteiger partial charge in [-0.3, -0.25) is 18.7 Å². The fraction of sp³-hybridized carbons (Fsp3) is 0.455. The Morgan fingerprint density at radius 3 is 2.59 bits per heavy atom. The number of fused-ring (bicyclic) bond motifs is 1. The van der Waals surface area contributed by atoms with Gasteiger partial charge in [-0.2, -0.15) is 0 Å². The highest BCUT2D eigenvalue weighted by atomic mass is 35.5. The highest BCUT2D eigenvalue weighted by molar-refractivity contribution is 7.22. The molecule has 0 unspecified atom stereocenters. The molecule has 170 valence electrons. The van der Waals surface area contributed by atoms with Gasteiger partial charge in [-0.25, -0.2) is 9.78 Å². The van der Waals surface area contributed by atoms with E-state index in [0.717, 1.165) is 36.6 Å². The molecule has 10 heteroatoms. The van der Waals surface area contributed by atoms with Crippen LogP contribution in [0.1, 0.15) is 44.7 Å². The maximum atomic E-state index is 13.2. The topological polar surface area (TPSA) is 89.2 Å². The van der Waals surface area contributed by atoms with Gasteiger partial charge in [-0.15, -0.1) is 0 Å². The molecule has 0 bridgehead atoms. The van der Waals surface area contributed by atoms with Crippen molar-refractivity contribution in [3.8, 4) is 0 Å². The van der Waals surface area contributed by atoms with E-state index in [1.54, 1.807) is 26.0 Å². The molecule has 1 saturated heterocycles. The lowest BCUT2D eigenvalue weighted by Crippen LogP contribution is -2.42. The number of benzene rings is 1. The van der Waals surface area contributed by atoms with Gasteiger partial charge >= 0.3 is 5.69 Å². The molecule has 2 aromatic heterocycles. The van der Waals surface area contributed by atoms with Crippen LogP contribution in [-0.2, 0) is 11.3 Å². The van der Waals surface area contributed by atoms with E-state index in [2.05, 4.69) is 15.2 Å². The molecule has 0 radical (unpaired) electrons. The Hall–Kier alpha value is -2.65. The van der Waals surface area contributed by atoms with Gasteiger partial charge in [0, 0.05) is 29.8 Å². The number of carbonyl (C=O) groups is 1. The summed E-state index contributed by atoms with van der Waals surface area (Å²) >= 11 is 7.44. The minimum Gasteiger partial charge on any atom is -0.348 e. The van der Waals surface area contributed by atoms with E-state index >= 15 is 0 Å². The molecule has 3 aromatic rings. The molecule has 0 atom stereocenters. The SMILES string of the molecule is Cc1ccc(NC(=O)Cn2c(=O)n(C(C)C)c(=O)c3sc(N4CCCCC4)nc32)cc1Cl. The zero-order chi connectivity index (χ0) is 23.0. The minimum atomic E-state index is -0.537. The quantitative estimate of drug-likeness (QED) is 0.606. The molecule has 1 aliphatic rings. The number of hydrogen-bond donors (Lipinski definition) is 1. The summed E-state index contributed by atoms with van der Waals surface area (Å²) in [6.45, 7) is 6.92. The second kappa shape index (κ2) is 9.07. The van der Waals surface area contributed by atoms with Gasteiger partial charge in [0.1, 0.15) is 11.2 Å². The van der Waals surface area contributed by atoms with Gasteiger partial charge in [-0.1, -0.05) is 29.0 Å². The highest BCUT2D eigenvalue weighted by Crippen LogP contribution is 2.28. The van der Waals surface area contributed by atoms with Crippen molar-refractivity contribution < 1.29 is 4.79 Å². The van der Waals surface area contributed by atoms with Crippen molar-refractivity contribution in [2.75, 3.05) is 23.3 Å². The fourth-order valence-corrected chi connectivity index (χ4v) is 5.11. The molecule has 8 nitrogen and oxygen atoms in total. The number of thiazole rings is 1. The Bertz CT molecular complexity index is 1290. The predicted octanol–water partition coefficient (Wildman–Crippen LogP) is 3.79. The normalized spacial score (nSPS) is 14.3. The van der Waals surface area contributed by atoms with Crippen LogP contribution >= 0.6 is 22.9 Å². The van der Waals surface area contributed by atoms with E-state index in [9.17, 15) is 14.4 Å². The second-order valence-corrected chi connectivity index (χ2v) is 9.73. The number of carbonyl (C=O) groups excluding carboxylic acids is 1. The van der Waals surface area contributed by atoms with Crippen LogP contribution in [0.5, 0.6) is 0 Å². The van der Waals surface area contributed by atoms with Crippen LogP contribution in [0, 0.1) is 6.92 Å². The molecule has 4 rings (SSSR count). The number of rotatable bonds is 5. The van der Waals surface area contributed by atoms with Gasteiger partial charge < -0.3 is 10.2 Å². The third kappa shape index (κ3) is 4.31. The lowest BCUT2D eigenvalue weighted by atomic mass is 10.1. The lowest BCUT2D eigenvalue weighted by Gasteiger charge is -2.25. The lowest BCUT2D eigenvalue weighted by molar-refractivity contribution is -0.116. The summed E-state index contributed by atoms with van der Waals surface area (Å²) in [4.78, 5) is 45.9. The van der Waals surface area contributed by atoms with Gasteiger partial charge in [-0.05, 0) is 57.7 Å². The van der Waals surface area contributed by atoms with E-state index in [1.165, 1.54) is 26.9 Å². The average Bonchev–Trinajstić information content (AvgIpc) is 3.20. The van der Waals surface area contributed by atoms with Crippen molar-refractivity contribution in [1.29, 1.82) is 0 Å². The summed E-state index contributed by atoms with van der Waals surface area (Å²) in [6.07, 6.45) is 3.32. The maximum Gasteiger partial charge on any atom is 0.333 e. The van der Waals surface area contributed by atoms with Crippen molar-refractivity contribution >= 4 is 50.0 Å². The molecule has 1 amide bonds. The van der Waals surface area contributed by atoms with Crippen molar-refractivity contribution in [2.45, 2.75) is 52.6 Å². The first-order chi connectivity index (χ1) is 15.3. The van der Waals surface area contributed by atoms with Crippen LogP contribution in [-0.4, -0.2) is 33.1 Å². The zero-order valence-corrected chi connectivity index (χ0v) is 19.9. The number of nitrogens with zero attached hydrogens (tertiary/aromatic N) is 4. The standard InChI is InChI=1S/C22H26ClN5O3S/c1-13(2)28-20(30)18-19(25-21(32-18)26-9-5-4-6-10-26)27(22(28)31)12-17(29)24-15-8-7-14(3)16(23)11-15/h7-8,11,13H,4-6,9-10,12H2,1-3H3,(H,24,29). The maximum absolute atomic E-state index is 13.2. The average molecular weight is 476 g/mol. The first kappa shape index (κ1) is 22.5. The Balaban J connectivity index is 1.75. The molecule has 32 heavy (non-hydrogen) atoms. The molecule has 3 heterocycles. The van der Waals surface area contributed by atoms with E-state index in [4.69, 9.17) is 11.6 Å². The van der Waals surface area contributed by atoms with E-state index in [1.807, 2.05) is 13.0 Å². The number of aromatic nitrogens is 3. The number of halogens is 1. The Kier molecular flexibility index (Phi) is 6.39. The van der Waals surface area contributed by atoms with E-state index in [-0.39, 0.29) is 23.8 Å². The molecular weight excluding hydrogens is 450 g/mol. The number of nitrogens with one attached hydrogen (secondary N) is 1. The van der Waals surface area contributed by atoms with Crippen LogP contribution in [0.15, 0.2) is 27.8 Å². The third-order valence-electron chi connectivity index (χ3n) is 5.60. The van der Waals surface area contributed by atoms with Crippen molar-refractivity contribution in [3.05, 3.63) is 49.6 Å². The fourth-order valence-electron chi connectivity index (χ4n) is 3.87. The van der Waals surface area contributed by atoms with E-state index in [0.29, 0.717) is 15.4 Å². The van der Waals surface area contributed by atoms with Gasteiger partial charge in [0.2, 0.25) is 5.91 Å². The van der Waals surface area contributed by atoms with Gasteiger partial charge in [0.25, 0.3) is 5.56 Å². The summed E-state index contributed by atoms with van der Waals surface area (Å²) in [5.41, 5.74) is 0.811. The summed E-state index contributed by atoms with van der Waals surface area (Å²) in [5, 5.41) is 4.04. The monoisotopic (exact) mass is 475 g/mol. The smallest absolute Gasteiger partial charge is 0.333 e. The van der Waals surface area contributed by atoms with Crippen LogP contribution in [0.25, 0.3) is 10.3 Å². The van der Waals surface area contributed by atoms with Crippen molar-refractivity contribution in [3.63, 3.8) is 0 Å². The van der Waals surface area contributed by atoms with E-state index < -0.39 is 11.6 Å². The summed E-state index contributed by atoms with van der Waals surface area (Å²) in [7, 11) is 0. The molecule has 1 N–H and O–H groups in total. The predicted molar refractivity (Wildman–Crippen MR) is 129 cm³/mol. The Morgan fingerprint density at radius 1 is 1.22 bits per heavy atom. The van der Waals surface area contributed by atoms with Gasteiger partial charge in [0.15, 0.2) is 10.8 Å². The highest BCUT2D eigenvalue weighted by Gasteiger charge is 2.23. The summed E-state index contributed by atoms with van der Waals surface area (Å²) in [5.74, 6) is -0.394. The first-order valence-electron chi connectivity index (χ1n) is 10.7. The molecular formula is C22H26ClN5O3S.